The molecule has 2 amide bonds. The number of halogens is 1. The molecule has 0 spiro atoms. The topological polar surface area (TPSA) is 84.9 Å². The van der Waals surface area contributed by atoms with Crippen LogP contribution in [0, 0.1) is 0 Å². The Balaban J connectivity index is 1.87. The standard InChI is InChI=1S/C20H29ClN4O4S/c1-19(2,3)29-18(27)25-9-7-8-12(25)10-24-11-20(4,5)28-15-13(16(24)26)14(21)22-17(23-15)30-6/h12H,7-11H2,1-6H3. The molecule has 2 aliphatic rings. The van der Waals surface area contributed by atoms with Gasteiger partial charge in [0.25, 0.3) is 5.91 Å². The van der Waals surface area contributed by atoms with Gasteiger partial charge in [-0.1, -0.05) is 23.4 Å². The maximum absolute atomic E-state index is 13.4. The zero-order valence-corrected chi connectivity index (χ0v) is 19.9. The van der Waals surface area contributed by atoms with Gasteiger partial charge in [0.05, 0.1) is 12.6 Å². The van der Waals surface area contributed by atoms with Gasteiger partial charge in [-0.3, -0.25) is 4.79 Å². The maximum atomic E-state index is 13.4. The normalized spacial score (nSPS) is 21.2. The number of nitrogens with zero attached hydrogens (tertiary/aromatic N) is 4. The van der Waals surface area contributed by atoms with Crippen LogP contribution in [0.4, 0.5) is 4.79 Å². The van der Waals surface area contributed by atoms with Crippen molar-refractivity contribution in [1.29, 1.82) is 0 Å². The van der Waals surface area contributed by atoms with Crippen molar-refractivity contribution in [3.05, 3.63) is 10.7 Å². The molecule has 2 aliphatic heterocycles. The number of amides is 2. The highest BCUT2D eigenvalue weighted by Gasteiger charge is 2.40. The molecule has 1 atom stereocenters. The van der Waals surface area contributed by atoms with Gasteiger partial charge in [-0.15, -0.1) is 0 Å². The van der Waals surface area contributed by atoms with Crippen LogP contribution >= 0.6 is 23.4 Å². The van der Waals surface area contributed by atoms with Crippen LogP contribution in [0.25, 0.3) is 0 Å². The van der Waals surface area contributed by atoms with Gasteiger partial charge >= 0.3 is 6.09 Å². The Hall–Kier alpha value is -1.74. The van der Waals surface area contributed by atoms with Crippen LogP contribution in [0.2, 0.25) is 5.15 Å². The van der Waals surface area contributed by atoms with Crippen LogP contribution in [0.1, 0.15) is 57.8 Å². The van der Waals surface area contributed by atoms with Crippen molar-refractivity contribution in [2.75, 3.05) is 25.9 Å². The number of thioether (sulfide) groups is 1. The van der Waals surface area contributed by atoms with E-state index in [4.69, 9.17) is 21.1 Å². The highest BCUT2D eigenvalue weighted by molar-refractivity contribution is 7.98. The minimum absolute atomic E-state index is 0.0764. The second-order valence-corrected chi connectivity index (χ2v) is 10.3. The van der Waals surface area contributed by atoms with Gasteiger partial charge in [-0.2, -0.15) is 4.98 Å². The lowest BCUT2D eigenvalue weighted by Gasteiger charge is -2.34. The summed E-state index contributed by atoms with van der Waals surface area (Å²) in [5.74, 6) is -0.0865. The van der Waals surface area contributed by atoms with E-state index in [1.807, 2.05) is 40.9 Å². The largest absolute Gasteiger partial charge is 0.469 e. The Morgan fingerprint density at radius 3 is 2.70 bits per heavy atom. The average molecular weight is 457 g/mol. The van der Waals surface area contributed by atoms with Gasteiger partial charge in [0, 0.05) is 13.1 Å². The molecule has 1 unspecified atom stereocenters. The molecule has 3 heterocycles. The third-order valence-corrected chi connectivity index (χ3v) is 5.70. The molecule has 1 aromatic rings. The average Bonchev–Trinajstić information content (AvgIpc) is 3.03. The van der Waals surface area contributed by atoms with E-state index in [1.165, 1.54) is 11.8 Å². The number of carbonyl (C=O) groups is 2. The predicted octanol–water partition coefficient (Wildman–Crippen LogP) is 3.86. The van der Waals surface area contributed by atoms with E-state index in [0.717, 1.165) is 12.8 Å². The smallest absolute Gasteiger partial charge is 0.410 e. The first kappa shape index (κ1) is 22.9. The summed E-state index contributed by atoms with van der Waals surface area (Å²) >= 11 is 7.67. The van der Waals surface area contributed by atoms with E-state index in [9.17, 15) is 9.59 Å². The van der Waals surface area contributed by atoms with Crippen molar-refractivity contribution in [1.82, 2.24) is 19.8 Å². The number of ether oxygens (including phenoxy) is 2. The van der Waals surface area contributed by atoms with Crippen molar-refractivity contribution in [3.63, 3.8) is 0 Å². The fraction of sp³-hybridized carbons (Fsp3) is 0.700. The summed E-state index contributed by atoms with van der Waals surface area (Å²) in [6.45, 7) is 10.6. The molecule has 0 radical (unpaired) electrons. The molecule has 10 heteroatoms. The summed E-state index contributed by atoms with van der Waals surface area (Å²) in [7, 11) is 0. The Morgan fingerprint density at radius 1 is 1.37 bits per heavy atom. The lowest BCUT2D eigenvalue weighted by atomic mass is 10.1. The Morgan fingerprint density at radius 2 is 2.07 bits per heavy atom. The van der Waals surface area contributed by atoms with Crippen molar-refractivity contribution in [2.24, 2.45) is 0 Å². The summed E-state index contributed by atoms with van der Waals surface area (Å²) < 4.78 is 11.6. The van der Waals surface area contributed by atoms with Crippen LogP contribution < -0.4 is 4.74 Å². The molecule has 166 valence electrons. The maximum Gasteiger partial charge on any atom is 0.410 e. The van der Waals surface area contributed by atoms with Crippen molar-refractivity contribution in [3.8, 4) is 5.88 Å². The van der Waals surface area contributed by atoms with Crippen LogP contribution in [0.3, 0.4) is 0 Å². The van der Waals surface area contributed by atoms with Crippen LogP contribution in [0.15, 0.2) is 5.16 Å². The van der Waals surface area contributed by atoms with Crippen molar-refractivity contribution >= 4 is 35.4 Å². The van der Waals surface area contributed by atoms with Gasteiger partial charge in [-0.25, -0.2) is 9.78 Å². The summed E-state index contributed by atoms with van der Waals surface area (Å²) in [4.78, 5) is 38.0. The van der Waals surface area contributed by atoms with E-state index in [2.05, 4.69) is 9.97 Å². The van der Waals surface area contributed by atoms with Crippen LogP contribution in [-0.4, -0.2) is 74.9 Å². The van der Waals surface area contributed by atoms with E-state index in [1.54, 1.807) is 9.80 Å². The molecule has 0 aromatic carbocycles. The zero-order chi connectivity index (χ0) is 22.3. The lowest BCUT2D eigenvalue weighted by molar-refractivity contribution is 0.0158. The fourth-order valence-electron chi connectivity index (χ4n) is 3.71. The second kappa shape index (κ2) is 8.42. The monoisotopic (exact) mass is 456 g/mol. The third kappa shape index (κ3) is 5.11. The van der Waals surface area contributed by atoms with E-state index < -0.39 is 11.2 Å². The number of carbonyl (C=O) groups excluding carboxylic acids is 2. The number of hydrogen-bond acceptors (Lipinski definition) is 7. The molecule has 1 fully saturated rings. The van der Waals surface area contributed by atoms with Crippen molar-refractivity contribution in [2.45, 2.75) is 69.9 Å². The summed E-state index contributed by atoms with van der Waals surface area (Å²) in [5, 5.41) is 0.523. The van der Waals surface area contributed by atoms with Gasteiger partial charge < -0.3 is 19.3 Å². The van der Waals surface area contributed by atoms with Crippen LogP contribution in [-0.2, 0) is 4.74 Å². The zero-order valence-electron chi connectivity index (χ0n) is 18.3. The first-order chi connectivity index (χ1) is 13.9. The summed E-state index contributed by atoms with van der Waals surface area (Å²) in [6.07, 6.45) is 3.14. The number of fused-ring (bicyclic) bond motifs is 1. The molecule has 3 rings (SSSR count). The van der Waals surface area contributed by atoms with Crippen molar-refractivity contribution < 1.29 is 19.1 Å². The molecule has 0 saturated carbocycles. The first-order valence-electron chi connectivity index (χ1n) is 9.99. The van der Waals surface area contributed by atoms with Gasteiger partial charge in [-0.05, 0) is 53.7 Å². The quantitative estimate of drug-likeness (QED) is 0.387. The highest BCUT2D eigenvalue weighted by Crippen LogP contribution is 2.34. The first-order valence-corrected chi connectivity index (χ1v) is 11.6. The summed E-state index contributed by atoms with van der Waals surface area (Å²) in [6, 6.07) is -0.133. The number of aromatic nitrogens is 2. The van der Waals surface area contributed by atoms with Gasteiger partial charge in [0.2, 0.25) is 5.88 Å². The second-order valence-electron chi connectivity index (χ2n) is 9.20. The van der Waals surface area contributed by atoms with Gasteiger partial charge in [0.15, 0.2) is 5.16 Å². The van der Waals surface area contributed by atoms with E-state index >= 15 is 0 Å². The third-order valence-electron chi connectivity index (χ3n) is 4.88. The molecule has 0 bridgehead atoms. The Labute approximate surface area is 186 Å². The number of likely N-dealkylation sites (tertiary alicyclic amines) is 1. The summed E-state index contributed by atoms with van der Waals surface area (Å²) in [5.41, 5.74) is -1.08. The molecule has 1 aromatic heterocycles. The molecule has 30 heavy (non-hydrogen) atoms. The fourth-order valence-corrected chi connectivity index (χ4v) is 4.36. The van der Waals surface area contributed by atoms with Gasteiger partial charge in [0.1, 0.15) is 21.9 Å². The van der Waals surface area contributed by atoms with Crippen LogP contribution in [0.5, 0.6) is 5.88 Å². The Kier molecular flexibility index (Phi) is 6.43. The Bertz CT molecular complexity index is 843. The molecule has 8 nitrogen and oxygen atoms in total. The molecular weight excluding hydrogens is 428 g/mol. The molecular formula is C20H29ClN4O4S. The van der Waals surface area contributed by atoms with E-state index in [0.29, 0.717) is 24.8 Å². The molecule has 0 aliphatic carbocycles. The SMILES string of the molecule is CSc1nc(Cl)c2c(n1)OC(C)(C)CN(CC1CCCN1C(=O)OC(C)(C)C)C2=O. The lowest BCUT2D eigenvalue weighted by Crippen LogP contribution is -2.50. The molecule has 0 N–H and O–H groups in total. The highest BCUT2D eigenvalue weighted by atomic mass is 35.5. The predicted molar refractivity (Wildman–Crippen MR) is 115 cm³/mol. The number of hydrogen-bond donors (Lipinski definition) is 0. The minimum Gasteiger partial charge on any atom is -0.469 e. The van der Waals surface area contributed by atoms with E-state index in [-0.39, 0.29) is 34.6 Å². The minimum atomic E-state index is -0.677. The molecule has 1 saturated heterocycles. The number of rotatable bonds is 3.